The summed E-state index contributed by atoms with van der Waals surface area (Å²) in [4.78, 5) is 27.0. The molecular formula is C21H21BrN2O4. The first-order valence-electron chi connectivity index (χ1n) is 9.27. The van der Waals surface area contributed by atoms with E-state index >= 15 is 0 Å². The molecule has 4 rings (SSSR count). The molecule has 0 bridgehead atoms. The molecule has 0 radical (unpaired) electrons. The number of piperidine rings is 1. The van der Waals surface area contributed by atoms with Gasteiger partial charge in [0, 0.05) is 40.1 Å². The highest BCUT2D eigenvalue weighted by atomic mass is 79.9. The van der Waals surface area contributed by atoms with E-state index < -0.39 is 0 Å². The third-order valence-corrected chi connectivity index (χ3v) is 5.77. The fourth-order valence-electron chi connectivity index (χ4n) is 3.62. The fourth-order valence-corrected chi connectivity index (χ4v) is 3.99. The lowest BCUT2D eigenvalue weighted by atomic mass is 10.0. The van der Waals surface area contributed by atoms with Gasteiger partial charge < -0.3 is 19.1 Å². The van der Waals surface area contributed by atoms with Crippen molar-refractivity contribution in [3.63, 3.8) is 0 Å². The SMILES string of the molecule is Cc1ccoc1C(=O)NC1CCN(C(=O)c2oc3ccc(Br)cc3c2C)CC1. The minimum atomic E-state index is -0.203. The first kappa shape index (κ1) is 18.8. The maximum absolute atomic E-state index is 13.0. The van der Waals surface area contributed by atoms with Crippen molar-refractivity contribution in [2.45, 2.75) is 32.7 Å². The molecule has 6 nitrogen and oxygen atoms in total. The quantitative estimate of drug-likeness (QED) is 0.647. The fraction of sp³-hybridized carbons (Fsp3) is 0.333. The number of rotatable bonds is 3. The van der Waals surface area contributed by atoms with Gasteiger partial charge in [-0.15, -0.1) is 0 Å². The molecule has 0 atom stereocenters. The number of carbonyl (C=O) groups is 2. The predicted molar refractivity (Wildman–Crippen MR) is 108 cm³/mol. The van der Waals surface area contributed by atoms with Crippen LogP contribution in [0, 0.1) is 13.8 Å². The summed E-state index contributed by atoms with van der Waals surface area (Å²) in [5, 5.41) is 3.94. The molecule has 7 heteroatoms. The Morgan fingerprint density at radius 3 is 2.57 bits per heavy atom. The number of aryl methyl sites for hydroxylation is 2. The van der Waals surface area contributed by atoms with Gasteiger partial charge in [-0.05, 0) is 51.0 Å². The second-order valence-electron chi connectivity index (χ2n) is 7.17. The highest BCUT2D eigenvalue weighted by Gasteiger charge is 2.29. The molecule has 0 spiro atoms. The molecule has 0 unspecified atom stereocenters. The number of hydrogen-bond acceptors (Lipinski definition) is 4. The number of fused-ring (bicyclic) bond motifs is 1. The summed E-state index contributed by atoms with van der Waals surface area (Å²) < 4.78 is 12.0. The summed E-state index contributed by atoms with van der Waals surface area (Å²) in [5.41, 5.74) is 2.38. The highest BCUT2D eigenvalue weighted by Crippen LogP contribution is 2.29. The summed E-state index contributed by atoms with van der Waals surface area (Å²) in [6.45, 7) is 4.89. The number of nitrogens with zero attached hydrogens (tertiary/aromatic N) is 1. The lowest BCUT2D eigenvalue weighted by Gasteiger charge is -2.31. The van der Waals surface area contributed by atoms with E-state index in [-0.39, 0.29) is 17.9 Å². The van der Waals surface area contributed by atoms with E-state index in [9.17, 15) is 9.59 Å². The van der Waals surface area contributed by atoms with Crippen molar-refractivity contribution in [3.8, 4) is 0 Å². The first-order chi connectivity index (χ1) is 13.4. The third-order valence-electron chi connectivity index (χ3n) is 5.28. The molecule has 1 aliphatic rings. The van der Waals surface area contributed by atoms with E-state index in [1.54, 1.807) is 11.0 Å². The number of nitrogens with one attached hydrogen (secondary N) is 1. The van der Waals surface area contributed by atoms with Crippen LogP contribution in [0.15, 0.2) is 43.8 Å². The molecule has 146 valence electrons. The van der Waals surface area contributed by atoms with Crippen molar-refractivity contribution in [3.05, 3.63) is 57.6 Å². The van der Waals surface area contributed by atoms with Crippen molar-refractivity contribution in [1.82, 2.24) is 10.2 Å². The number of likely N-dealkylation sites (tertiary alicyclic amines) is 1. The van der Waals surface area contributed by atoms with Crippen LogP contribution in [0.2, 0.25) is 0 Å². The molecule has 28 heavy (non-hydrogen) atoms. The van der Waals surface area contributed by atoms with Crippen LogP contribution < -0.4 is 5.32 Å². The van der Waals surface area contributed by atoms with E-state index in [1.807, 2.05) is 32.0 Å². The van der Waals surface area contributed by atoms with Crippen molar-refractivity contribution in [1.29, 1.82) is 0 Å². The molecule has 1 aliphatic heterocycles. The number of amides is 2. The molecule has 2 aromatic heterocycles. The van der Waals surface area contributed by atoms with Gasteiger partial charge in [-0.3, -0.25) is 9.59 Å². The van der Waals surface area contributed by atoms with Gasteiger partial charge in [0.25, 0.3) is 11.8 Å². The van der Waals surface area contributed by atoms with E-state index in [2.05, 4.69) is 21.2 Å². The number of hydrogen-bond donors (Lipinski definition) is 1. The van der Waals surface area contributed by atoms with Crippen molar-refractivity contribution >= 4 is 38.7 Å². The zero-order valence-corrected chi connectivity index (χ0v) is 17.3. The molecule has 1 aromatic carbocycles. The first-order valence-corrected chi connectivity index (χ1v) is 10.1. The second kappa shape index (κ2) is 7.47. The second-order valence-corrected chi connectivity index (χ2v) is 8.09. The Kier molecular flexibility index (Phi) is 5.02. The number of carbonyl (C=O) groups excluding carboxylic acids is 2. The standard InChI is InChI=1S/C21H21BrN2O4/c1-12-7-10-27-18(12)20(25)23-15-5-8-24(9-6-15)21(26)19-13(2)16-11-14(22)3-4-17(16)28-19/h3-4,7,10-11,15H,5-6,8-9H2,1-2H3,(H,23,25). The van der Waals surface area contributed by atoms with Crippen LogP contribution in [0.25, 0.3) is 11.0 Å². The minimum absolute atomic E-state index is 0.0220. The topological polar surface area (TPSA) is 75.7 Å². The zero-order valence-electron chi connectivity index (χ0n) is 15.8. The summed E-state index contributed by atoms with van der Waals surface area (Å²) in [6.07, 6.45) is 2.91. The molecule has 1 saturated heterocycles. The Morgan fingerprint density at radius 2 is 1.89 bits per heavy atom. The van der Waals surface area contributed by atoms with Crippen LogP contribution in [-0.4, -0.2) is 35.8 Å². The summed E-state index contributed by atoms with van der Waals surface area (Å²) in [5.74, 6) is 0.437. The van der Waals surface area contributed by atoms with Gasteiger partial charge in [0.15, 0.2) is 11.5 Å². The largest absolute Gasteiger partial charge is 0.459 e. The van der Waals surface area contributed by atoms with Crippen LogP contribution in [-0.2, 0) is 0 Å². The minimum Gasteiger partial charge on any atom is -0.459 e. The Bertz CT molecular complexity index is 1040. The van der Waals surface area contributed by atoms with Crippen molar-refractivity contribution in [2.24, 2.45) is 0 Å². The smallest absolute Gasteiger partial charge is 0.289 e. The molecule has 3 heterocycles. The average Bonchev–Trinajstić information content (AvgIpc) is 3.25. The molecule has 1 fully saturated rings. The summed E-state index contributed by atoms with van der Waals surface area (Å²) in [6, 6.07) is 7.51. The Hall–Kier alpha value is -2.54. The van der Waals surface area contributed by atoms with Crippen LogP contribution in [0.5, 0.6) is 0 Å². The van der Waals surface area contributed by atoms with Crippen LogP contribution >= 0.6 is 15.9 Å². The third kappa shape index (κ3) is 3.46. The number of benzene rings is 1. The van der Waals surface area contributed by atoms with E-state index in [0.717, 1.165) is 21.0 Å². The van der Waals surface area contributed by atoms with E-state index in [4.69, 9.17) is 8.83 Å². The summed E-state index contributed by atoms with van der Waals surface area (Å²) in [7, 11) is 0. The van der Waals surface area contributed by atoms with E-state index in [0.29, 0.717) is 43.0 Å². The zero-order chi connectivity index (χ0) is 19.8. The van der Waals surface area contributed by atoms with E-state index in [1.165, 1.54) is 6.26 Å². The highest BCUT2D eigenvalue weighted by molar-refractivity contribution is 9.10. The van der Waals surface area contributed by atoms with Crippen LogP contribution in [0.1, 0.15) is 45.1 Å². The number of halogens is 1. The molecule has 0 saturated carbocycles. The lowest BCUT2D eigenvalue weighted by Crippen LogP contribution is -2.46. The maximum atomic E-state index is 13.0. The molecule has 3 aromatic rings. The van der Waals surface area contributed by atoms with Gasteiger partial charge in [-0.2, -0.15) is 0 Å². The van der Waals surface area contributed by atoms with Gasteiger partial charge in [-0.1, -0.05) is 15.9 Å². The predicted octanol–water partition coefficient (Wildman–Crippen LogP) is 4.44. The van der Waals surface area contributed by atoms with Gasteiger partial charge >= 0.3 is 0 Å². The van der Waals surface area contributed by atoms with Gasteiger partial charge in [0.2, 0.25) is 0 Å². The van der Waals surface area contributed by atoms with Gasteiger partial charge in [0.05, 0.1) is 6.26 Å². The molecule has 2 amide bonds. The summed E-state index contributed by atoms with van der Waals surface area (Å²) >= 11 is 3.46. The lowest BCUT2D eigenvalue weighted by molar-refractivity contribution is 0.0666. The maximum Gasteiger partial charge on any atom is 0.289 e. The average molecular weight is 445 g/mol. The Balaban J connectivity index is 1.41. The monoisotopic (exact) mass is 444 g/mol. The van der Waals surface area contributed by atoms with Crippen LogP contribution in [0.4, 0.5) is 0 Å². The number of furan rings is 2. The molecule has 1 N–H and O–H groups in total. The van der Waals surface area contributed by atoms with Crippen molar-refractivity contribution < 1.29 is 18.4 Å². The van der Waals surface area contributed by atoms with Crippen LogP contribution in [0.3, 0.4) is 0 Å². The molecule has 0 aliphatic carbocycles. The normalized spacial score (nSPS) is 15.2. The van der Waals surface area contributed by atoms with Crippen molar-refractivity contribution in [2.75, 3.05) is 13.1 Å². The van der Waals surface area contributed by atoms with Gasteiger partial charge in [0.1, 0.15) is 5.58 Å². The van der Waals surface area contributed by atoms with Gasteiger partial charge in [-0.25, -0.2) is 0 Å². The Labute approximate surface area is 171 Å². The Morgan fingerprint density at radius 1 is 1.14 bits per heavy atom. The molecular weight excluding hydrogens is 424 g/mol.